The molecule has 0 bridgehead atoms. The molecule has 1 aliphatic heterocycles. The Morgan fingerprint density at radius 2 is 1.60 bits per heavy atom. The first kappa shape index (κ1) is 26.2. The Kier molecular flexibility index (Phi) is 8.13. The van der Waals surface area contributed by atoms with Crippen molar-refractivity contribution in [3.63, 3.8) is 0 Å². The summed E-state index contributed by atoms with van der Waals surface area (Å²) in [6.07, 6.45) is 0.963. The van der Waals surface area contributed by atoms with Gasteiger partial charge < -0.3 is 19.5 Å². The number of ether oxygens (including phenoxy) is 3. The number of hydrogen-bond donors (Lipinski definition) is 1. The Morgan fingerprint density at radius 3 is 2.17 bits per heavy atom. The van der Waals surface area contributed by atoms with Crippen molar-refractivity contribution in [2.75, 3.05) is 39.7 Å². The van der Waals surface area contributed by atoms with E-state index in [2.05, 4.69) is 5.32 Å². The number of piperidine rings is 1. The zero-order chi connectivity index (χ0) is 25.8. The van der Waals surface area contributed by atoms with Gasteiger partial charge in [0.15, 0.2) is 0 Å². The number of hydrogen-bond acceptors (Lipinski definition) is 8. The lowest BCUT2D eigenvalue weighted by Crippen LogP contribution is -2.43. The normalized spacial score (nSPS) is 16.3. The second-order valence-corrected chi connectivity index (χ2v) is 10.0. The van der Waals surface area contributed by atoms with Crippen LogP contribution in [0, 0.1) is 12.8 Å². The SMILES string of the molecule is COC(=O)c1cc(NC(=O)[C@@H]2CCCN(S(=O)(=O)c3cc(C)ccc3OC)C2)cc(C(=O)OC)c1. The highest BCUT2D eigenvalue weighted by Gasteiger charge is 2.35. The van der Waals surface area contributed by atoms with Gasteiger partial charge >= 0.3 is 11.9 Å². The molecule has 0 saturated carbocycles. The fraction of sp³-hybridized carbons (Fsp3) is 0.375. The molecule has 1 atom stereocenters. The van der Waals surface area contributed by atoms with Crippen LogP contribution in [0.1, 0.15) is 39.1 Å². The Balaban J connectivity index is 1.83. The van der Waals surface area contributed by atoms with Gasteiger partial charge in [0.25, 0.3) is 0 Å². The van der Waals surface area contributed by atoms with E-state index >= 15 is 0 Å². The van der Waals surface area contributed by atoms with Gasteiger partial charge in [-0.3, -0.25) is 4.79 Å². The van der Waals surface area contributed by atoms with Crippen LogP contribution in [-0.4, -0.2) is 65.0 Å². The zero-order valence-corrected chi connectivity index (χ0v) is 20.8. The molecule has 10 nitrogen and oxygen atoms in total. The van der Waals surface area contributed by atoms with Crippen molar-refractivity contribution < 1.29 is 37.0 Å². The quantitative estimate of drug-likeness (QED) is 0.570. The van der Waals surface area contributed by atoms with Crippen LogP contribution in [0.4, 0.5) is 5.69 Å². The number of methoxy groups -OCH3 is 3. The average molecular weight is 505 g/mol. The number of aryl methyl sites for hydroxylation is 1. The van der Waals surface area contributed by atoms with E-state index in [0.29, 0.717) is 12.8 Å². The predicted octanol–water partition coefficient (Wildman–Crippen LogP) is 2.62. The summed E-state index contributed by atoms with van der Waals surface area (Å²) in [4.78, 5) is 37.1. The Morgan fingerprint density at radius 1 is 0.971 bits per heavy atom. The molecule has 11 heteroatoms. The van der Waals surface area contributed by atoms with E-state index in [0.717, 1.165) is 5.56 Å². The third-order valence-electron chi connectivity index (χ3n) is 5.73. The van der Waals surface area contributed by atoms with Crippen LogP contribution in [0.15, 0.2) is 41.3 Å². The summed E-state index contributed by atoms with van der Waals surface area (Å²) in [6, 6.07) is 8.97. The van der Waals surface area contributed by atoms with Crippen molar-refractivity contribution in [3.05, 3.63) is 53.1 Å². The van der Waals surface area contributed by atoms with Crippen LogP contribution in [0.3, 0.4) is 0 Å². The third kappa shape index (κ3) is 5.80. The fourth-order valence-corrected chi connectivity index (χ4v) is 5.68. The number of nitrogens with one attached hydrogen (secondary N) is 1. The number of esters is 2. The maximum absolute atomic E-state index is 13.4. The van der Waals surface area contributed by atoms with E-state index in [1.165, 1.54) is 43.8 Å². The first-order chi connectivity index (χ1) is 16.6. The third-order valence-corrected chi connectivity index (χ3v) is 7.62. The molecule has 188 valence electrons. The Labute approximate surface area is 204 Å². The van der Waals surface area contributed by atoms with Crippen molar-refractivity contribution in [1.29, 1.82) is 0 Å². The van der Waals surface area contributed by atoms with E-state index < -0.39 is 33.8 Å². The maximum atomic E-state index is 13.4. The number of nitrogens with zero attached hydrogens (tertiary/aromatic N) is 1. The highest BCUT2D eigenvalue weighted by atomic mass is 32.2. The number of amides is 1. The lowest BCUT2D eigenvalue weighted by molar-refractivity contribution is -0.120. The van der Waals surface area contributed by atoms with E-state index in [1.807, 2.05) is 0 Å². The molecule has 1 aliphatic rings. The molecule has 0 unspecified atom stereocenters. The van der Waals surface area contributed by atoms with Crippen molar-refractivity contribution in [1.82, 2.24) is 4.31 Å². The zero-order valence-electron chi connectivity index (χ0n) is 20.0. The van der Waals surface area contributed by atoms with E-state index in [4.69, 9.17) is 14.2 Å². The van der Waals surface area contributed by atoms with Gasteiger partial charge in [-0.1, -0.05) is 6.07 Å². The minimum Gasteiger partial charge on any atom is -0.495 e. The highest BCUT2D eigenvalue weighted by Crippen LogP contribution is 2.31. The number of anilines is 1. The summed E-state index contributed by atoms with van der Waals surface area (Å²) >= 11 is 0. The van der Waals surface area contributed by atoms with Crippen LogP contribution >= 0.6 is 0 Å². The maximum Gasteiger partial charge on any atom is 0.337 e. The molecular weight excluding hydrogens is 476 g/mol. The minimum atomic E-state index is -3.90. The minimum absolute atomic E-state index is 0.0220. The van der Waals surface area contributed by atoms with Crippen LogP contribution in [0.2, 0.25) is 0 Å². The van der Waals surface area contributed by atoms with E-state index in [1.54, 1.807) is 25.1 Å². The van der Waals surface area contributed by atoms with Crippen molar-refractivity contribution in [2.45, 2.75) is 24.7 Å². The average Bonchev–Trinajstić information content (AvgIpc) is 2.87. The van der Waals surface area contributed by atoms with Gasteiger partial charge in [0.05, 0.1) is 38.4 Å². The summed E-state index contributed by atoms with van der Waals surface area (Å²) < 4.78 is 42.7. The number of carbonyl (C=O) groups is 3. The van der Waals surface area contributed by atoms with Gasteiger partial charge in [0.2, 0.25) is 15.9 Å². The summed E-state index contributed by atoms with van der Waals surface area (Å²) in [5.41, 5.74) is 1.08. The lowest BCUT2D eigenvalue weighted by atomic mass is 9.98. The van der Waals surface area contributed by atoms with Crippen molar-refractivity contribution >= 4 is 33.6 Å². The molecule has 2 aromatic rings. The summed E-state index contributed by atoms with van der Waals surface area (Å²) in [7, 11) is -0.0992. The standard InChI is InChI=1S/C24H28N2O8S/c1-15-7-8-20(32-2)21(10-15)35(30,31)26-9-5-6-16(14-26)22(27)25-19-12-17(23(28)33-3)11-18(13-19)24(29)34-4/h7-8,10-13,16H,5-6,9,14H2,1-4H3,(H,25,27)/t16-/m1/s1. The number of rotatable bonds is 7. The molecule has 2 aromatic carbocycles. The molecule has 1 heterocycles. The molecule has 1 amide bonds. The molecule has 0 spiro atoms. The first-order valence-electron chi connectivity index (χ1n) is 10.9. The number of sulfonamides is 1. The Hall–Kier alpha value is -3.44. The van der Waals surface area contributed by atoms with Gasteiger partial charge in [-0.2, -0.15) is 4.31 Å². The Bertz CT molecular complexity index is 1210. The molecule has 1 N–H and O–H groups in total. The predicted molar refractivity (Wildman–Crippen MR) is 127 cm³/mol. The smallest absolute Gasteiger partial charge is 0.337 e. The first-order valence-corrected chi connectivity index (χ1v) is 12.3. The van der Waals surface area contributed by atoms with Crippen LogP contribution in [0.5, 0.6) is 5.75 Å². The molecule has 35 heavy (non-hydrogen) atoms. The molecule has 3 rings (SSSR count). The van der Waals surface area contributed by atoms with Gasteiger partial charge in [-0.05, 0) is 55.7 Å². The van der Waals surface area contributed by atoms with E-state index in [-0.39, 0.29) is 40.5 Å². The number of carbonyl (C=O) groups excluding carboxylic acids is 3. The monoisotopic (exact) mass is 504 g/mol. The van der Waals surface area contributed by atoms with Gasteiger partial charge in [0.1, 0.15) is 10.6 Å². The van der Waals surface area contributed by atoms with Crippen molar-refractivity contribution in [3.8, 4) is 5.75 Å². The molecular formula is C24H28N2O8S. The fourth-order valence-electron chi connectivity index (χ4n) is 3.91. The topological polar surface area (TPSA) is 128 Å². The molecule has 0 aromatic heterocycles. The second kappa shape index (κ2) is 10.9. The van der Waals surface area contributed by atoms with Crippen LogP contribution in [-0.2, 0) is 24.3 Å². The van der Waals surface area contributed by atoms with Gasteiger partial charge in [-0.15, -0.1) is 0 Å². The van der Waals surface area contributed by atoms with Crippen LogP contribution < -0.4 is 10.1 Å². The molecule has 1 fully saturated rings. The molecule has 1 saturated heterocycles. The summed E-state index contributed by atoms with van der Waals surface area (Å²) in [5, 5.41) is 2.69. The van der Waals surface area contributed by atoms with Gasteiger partial charge in [-0.25, -0.2) is 18.0 Å². The summed E-state index contributed by atoms with van der Waals surface area (Å²) in [5.74, 6) is -2.21. The lowest BCUT2D eigenvalue weighted by Gasteiger charge is -2.31. The molecule has 0 radical (unpaired) electrons. The van der Waals surface area contributed by atoms with E-state index in [9.17, 15) is 22.8 Å². The number of benzene rings is 2. The molecule has 0 aliphatic carbocycles. The largest absolute Gasteiger partial charge is 0.495 e. The highest BCUT2D eigenvalue weighted by molar-refractivity contribution is 7.89. The van der Waals surface area contributed by atoms with Crippen molar-refractivity contribution in [2.24, 2.45) is 5.92 Å². The summed E-state index contributed by atoms with van der Waals surface area (Å²) in [6.45, 7) is 2.04. The van der Waals surface area contributed by atoms with Crippen LogP contribution in [0.25, 0.3) is 0 Å². The van der Waals surface area contributed by atoms with Gasteiger partial charge in [0, 0.05) is 18.8 Å². The second-order valence-electron chi connectivity index (χ2n) is 8.13.